The summed E-state index contributed by atoms with van der Waals surface area (Å²) in [6, 6.07) is 10.4. The molecular formula is C26H34O8. The second-order valence-corrected chi connectivity index (χ2v) is 8.11. The van der Waals surface area contributed by atoms with Crippen LogP contribution in [0, 0.1) is 0 Å². The Labute approximate surface area is 200 Å². The zero-order valence-corrected chi connectivity index (χ0v) is 20.2. The molecule has 0 spiro atoms. The molecule has 2 N–H and O–H groups in total. The zero-order valence-electron chi connectivity index (χ0n) is 20.2. The molecule has 2 rings (SSSR count). The van der Waals surface area contributed by atoms with E-state index in [0.29, 0.717) is 37.7 Å². The molecule has 0 fully saturated rings. The predicted octanol–water partition coefficient (Wildman–Crippen LogP) is 4.65. The van der Waals surface area contributed by atoms with Crippen LogP contribution in [-0.2, 0) is 16.0 Å². The lowest BCUT2D eigenvalue weighted by Crippen LogP contribution is -2.29. The van der Waals surface area contributed by atoms with Crippen molar-refractivity contribution >= 4 is 11.8 Å². The van der Waals surface area contributed by atoms with Crippen molar-refractivity contribution < 1.29 is 38.7 Å². The van der Waals surface area contributed by atoms with Crippen molar-refractivity contribution in [3.63, 3.8) is 0 Å². The van der Waals surface area contributed by atoms with Gasteiger partial charge in [0.2, 0.25) is 5.75 Å². The molecule has 2 aromatic carbocycles. The molecule has 0 saturated heterocycles. The van der Waals surface area contributed by atoms with E-state index in [2.05, 4.69) is 0 Å². The summed E-state index contributed by atoms with van der Waals surface area (Å²) in [6.45, 7) is 7.99. The van der Waals surface area contributed by atoms with Gasteiger partial charge in [-0.25, -0.2) is 4.79 Å². The lowest BCUT2D eigenvalue weighted by atomic mass is 10.1. The Balaban J connectivity index is 1.91. The maximum absolute atomic E-state index is 11.7. The Morgan fingerprint density at radius 3 is 2.38 bits per heavy atom. The van der Waals surface area contributed by atoms with Crippen LogP contribution in [0.2, 0.25) is 0 Å². The third-order valence-corrected chi connectivity index (χ3v) is 4.77. The van der Waals surface area contributed by atoms with Crippen molar-refractivity contribution in [3.8, 4) is 23.0 Å². The van der Waals surface area contributed by atoms with E-state index in [-0.39, 0.29) is 35.4 Å². The average Bonchev–Trinajstić information content (AvgIpc) is 2.77. The van der Waals surface area contributed by atoms with E-state index in [4.69, 9.17) is 18.9 Å². The van der Waals surface area contributed by atoms with Crippen molar-refractivity contribution in [3.05, 3.63) is 47.5 Å². The second-order valence-electron chi connectivity index (χ2n) is 8.11. The Bertz CT molecular complexity index is 954. The molecule has 0 aliphatic heterocycles. The maximum atomic E-state index is 11.7. The number of ether oxygens (including phenoxy) is 4. The summed E-state index contributed by atoms with van der Waals surface area (Å²) in [5.74, 6) is -0.315. The predicted molar refractivity (Wildman–Crippen MR) is 127 cm³/mol. The zero-order chi connectivity index (χ0) is 25.1. The SMILES string of the molecule is CCCOc1c(OCCCOc2cccc(CC(OC(C)C)C(=O)O)c2)ccc(C(C)=O)c1O. The lowest BCUT2D eigenvalue weighted by molar-refractivity contribution is -0.153. The highest BCUT2D eigenvalue weighted by Crippen LogP contribution is 2.39. The Morgan fingerprint density at radius 1 is 1.00 bits per heavy atom. The number of phenols is 1. The van der Waals surface area contributed by atoms with Gasteiger partial charge in [-0.3, -0.25) is 4.79 Å². The van der Waals surface area contributed by atoms with Gasteiger partial charge in [-0.15, -0.1) is 0 Å². The number of hydrogen-bond donors (Lipinski definition) is 2. The van der Waals surface area contributed by atoms with Crippen LogP contribution in [0.15, 0.2) is 36.4 Å². The van der Waals surface area contributed by atoms with Gasteiger partial charge in [-0.1, -0.05) is 19.1 Å². The third kappa shape index (κ3) is 8.26. The number of rotatable bonds is 15. The summed E-state index contributed by atoms with van der Waals surface area (Å²) in [7, 11) is 0. The smallest absolute Gasteiger partial charge is 0.333 e. The van der Waals surface area contributed by atoms with Gasteiger partial charge in [0.15, 0.2) is 23.4 Å². The number of phenolic OH excluding ortho intramolecular Hbond substituents is 1. The van der Waals surface area contributed by atoms with Crippen molar-refractivity contribution in [2.24, 2.45) is 0 Å². The number of hydrogen-bond acceptors (Lipinski definition) is 7. The normalized spacial score (nSPS) is 11.8. The van der Waals surface area contributed by atoms with E-state index in [9.17, 15) is 19.8 Å². The summed E-state index contributed by atoms with van der Waals surface area (Å²) in [4.78, 5) is 23.1. The molecule has 0 aromatic heterocycles. The molecule has 0 amide bonds. The molecule has 0 aliphatic carbocycles. The third-order valence-electron chi connectivity index (χ3n) is 4.77. The number of benzene rings is 2. The number of carboxylic acids is 1. The molecule has 0 radical (unpaired) electrons. The van der Waals surface area contributed by atoms with Crippen molar-refractivity contribution in [2.45, 2.75) is 59.2 Å². The van der Waals surface area contributed by atoms with Crippen LogP contribution < -0.4 is 14.2 Å². The van der Waals surface area contributed by atoms with Crippen LogP contribution in [0.25, 0.3) is 0 Å². The molecule has 1 unspecified atom stereocenters. The quantitative estimate of drug-likeness (QED) is 0.283. The maximum Gasteiger partial charge on any atom is 0.333 e. The van der Waals surface area contributed by atoms with E-state index in [0.717, 1.165) is 12.0 Å². The van der Waals surface area contributed by atoms with Crippen molar-refractivity contribution in [1.82, 2.24) is 0 Å². The van der Waals surface area contributed by atoms with E-state index >= 15 is 0 Å². The van der Waals surface area contributed by atoms with Gasteiger partial charge in [-0.2, -0.15) is 0 Å². The summed E-state index contributed by atoms with van der Waals surface area (Å²) in [6.07, 6.45) is 0.439. The van der Waals surface area contributed by atoms with Gasteiger partial charge in [0, 0.05) is 12.8 Å². The molecule has 0 aliphatic rings. The first kappa shape index (κ1) is 27.0. The Morgan fingerprint density at radius 2 is 1.74 bits per heavy atom. The van der Waals surface area contributed by atoms with Gasteiger partial charge >= 0.3 is 5.97 Å². The molecule has 0 bridgehead atoms. The number of aliphatic carboxylic acids is 1. The molecule has 2 aromatic rings. The minimum Gasteiger partial charge on any atom is -0.504 e. The van der Waals surface area contributed by atoms with Crippen LogP contribution >= 0.6 is 0 Å². The van der Waals surface area contributed by atoms with E-state index in [1.807, 2.05) is 19.1 Å². The van der Waals surface area contributed by atoms with Gasteiger partial charge in [0.1, 0.15) is 5.75 Å². The van der Waals surface area contributed by atoms with E-state index in [1.165, 1.54) is 13.0 Å². The lowest BCUT2D eigenvalue weighted by Gasteiger charge is -2.17. The van der Waals surface area contributed by atoms with Gasteiger partial charge in [-0.05, 0) is 57.0 Å². The molecule has 8 nitrogen and oxygen atoms in total. The number of Topliss-reactive ketones (excluding diaryl/α,β-unsaturated/α-hetero) is 1. The van der Waals surface area contributed by atoms with Crippen LogP contribution in [0.5, 0.6) is 23.0 Å². The molecule has 34 heavy (non-hydrogen) atoms. The first-order chi connectivity index (χ1) is 16.2. The van der Waals surface area contributed by atoms with Gasteiger partial charge in [0.25, 0.3) is 0 Å². The van der Waals surface area contributed by atoms with Crippen LogP contribution in [-0.4, -0.2) is 54.0 Å². The highest BCUT2D eigenvalue weighted by Gasteiger charge is 2.20. The minimum absolute atomic E-state index is 0.166. The fourth-order valence-corrected chi connectivity index (χ4v) is 3.22. The van der Waals surface area contributed by atoms with Crippen LogP contribution in [0.4, 0.5) is 0 Å². The Kier molecular flexibility index (Phi) is 10.7. The van der Waals surface area contributed by atoms with Crippen molar-refractivity contribution in [1.29, 1.82) is 0 Å². The highest BCUT2D eigenvalue weighted by molar-refractivity contribution is 5.98. The summed E-state index contributed by atoms with van der Waals surface area (Å²) in [5, 5.41) is 19.8. The monoisotopic (exact) mass is 474 g/mol. The minimum atomic E-state index is -0.998. The van der Waals surface area contributed by atoms with Crippen molar-refractivity contribution in [2.75, 3.05) is 19.8 Å². The van der Waals surface area contributed by atoms with Crippen LogP contribution in [0.3, 0.4) is 0 Å². The molecular weight excluding hydrogens is 440 g/mol. The van der Waals surface area contributed by atoms with Gasteiger partial charge in [0.05, 0.1) is 31.5 Å². The standard InChI is InChI=1S/C26H34O8/c1-5-12-33-25-22(11-10-21(18(4)27)24(25)28)32-14-7-13-31-20-9-6-8-19(15-20)16-23(26(29)30)34-17(2)3/h6,8-11,15,17,23,28H,5,7,12-14,16H2,1-4H3,(H,29,30). The number of aromatic hydroxyl groups is 1. The summed E-state index contributed by atoms with van der Waals surface area (Å²) < 4.78 is 22.6. The summed E-state index contributed by atoms with van der Waals surface area (Å²) >= 11 is 0. The number of carboxylic acid groups (broad SMARTS) is 1. The topological polar surface area (TPSA) is 112 Å². The molecule has 8 heteroatoms. The number of carbonyl (C=O) groups is 2. The Hall–Kier alpha value is -3.26. The summed E-state index contributed by atoms with van der Waals surface area (Å²) in [5.41, 5.74) is 0.992. The molecule has 0 saturated carbocycles. The van der Waals surface area contributed by atoms with E-state index < -0.39 is 12.1 Å². The molecule has 1 atom stereocenters. The highest BCUT2D eigenvalue weighted by atomic mass is 16.5. The van der Waals surface area contributed by atoms with E-state index in [1.54, 1.807) is 32.0 Å². The first-order valence-electron chi connectivity index (χ1n) is 11.4. The second kappa shape index (κ2) is 13.4. The van der Waals surface area contributed by atoms with Gasteiger partial charge < -0.3 is 29.2 Å². The van der Waals surface area contributed by atoms with Crippen LogP contribution in [0.1, 0.15) is 56.5 Å². The largest absolute Gasteiger partial charge is 0.504 e. The average molecular weight is 475 g/mol. The fraction of sp³-hybridized carbons (Fsp3) is 0.462. The fourth-order valence-electron chi connectivity index (χ4n) is 3.22. The number of ketones is 1. The number of carbonyl (C=O) groups excluding carboxylic acids is 1. The molecule has 0 heterocycles. The molecule has 186 valence electrons. The first-order valence-corrected chi connectivity index (χ1v) is 11.4.